The highest BCUT2D eigenvalue weighted by molar-refractivity contribution is 5.76. The van der Waals surface area contributed by atoms with Crippen LogP contribution in [0.15, 0.2) is 24.3 Å². The number of carboxylic acid groups (broad SMARTS) is 1. The lowest BCUT2D eigenvalue weighted by Gasteiger charge is -2.12. The second-order valence-corrected chi connectivity index (χ2v) is 4.29. The second kappa shape index (κ2) is 6.74. The number of carbonyl (C=O) groups is 2. The van der Waals surface area contributed by atoms with E-state index in [4.69, 9.17) is 0 Å². The Balaban J connectivity index is 2.32. The molecule has 0 saturated heterocycles. The zero-order valence-corrected chi connectivity index (χ0v) is 10.1. The molecule has 1 amide bonds. The molecule has 1 rings (SSSR count). The lowest BCUT2D eigenvalue weighted by molar-refractivity contribution is -0.306. The summed E-state index contributed by atoms with van der Waals surface area (Å²) in [5.74, 6) is -1.97. The van der Waals surface area contributed by atoms with Gasteiger partial charge in [0.15, 0.2) is 0 Å². The van der Waals surface area contributed by atoms with Crippen LogP contribution in [0.4, 0.5) is 4.39 Å². The number of halogens is 1. The topological polar surface area (TPSA) is 69.2 Å². The molecular formula is C13H15FNO3-. The fourth-order valence-electron chi connectivity index (χ4n) is 1.55. The SMILES string of the molecule is C[C@H](CC(=O)[O-])CC(=O)NCc1ccc(F)cc1. The molecule has 0 aliphatic heterocycles. The molecule has 0 aliphatic rings. The first-order valence-corrected chi connectivity index (χ1v) is 5.68. The summed E-state index contributed by atoms with van der Waals surface area (Å²) in [6, 6.07) is 5.81. The average molecular weight is 252 g/mol. The van der Waals surface area contributed by atoms with Crippen LogP contribution in [0.5, 0.6) is 0 Å². The molecule has 0 spiro atoms. The third-order valence-corrected chi connectivity index (χ3v) is 2.45. The number of hydrogen-bond donors (Lipinski definition) is 1. The molecular weight excluding hydrogens is 237 g/mol. The molecule has 0 saturated carbocycles. The normalized spacial score (nSPS) is 11.9. The first-order chi connectivity index (χ1) is 8.47. The van der Waals surface area contributed by atoms with Crippen LogP contribution in [-0.2, 0) is 16.1 Å². The molecule has 1 aromatic carbocycles. The summed E-state index contributed by atoms with van der Waals surface area (Å²) in [7, 11) is 0. The summed E-state index contributed by atoms with van der Waals surface area (Å²) in [5.41, 5.74) is 0.789. The summed E-state index contributed by atoms with van der Waals surface area (Å²) < 4.78 is 12.6. The summed E-state index contributed by atoms with van der Waals surface area (Å²) in [6.45, 7) is 1.98. The highest BCUT2D eigenvalue weighted by Gasteiger charge is 2.09. The van der Waals surface area contributed by atoms with E-state index >= 15 is 0 Å². The molecule has 1 atom stereocenters. The summed E-state index contributed by atoms with van der Waals surface area (Å²) in [4.78, 5) is 21.8. The van der Waals surface area contributed by atoms with Crippen LogP contribution < -0.4 is 10.4 Å². The van der Waals surface area contributed by atoms with Crippen LogP contribution >= 0.6 is 0 Å². The van der Waals surface area contributed by atoms with Gasteiger partial charge in [-0.2, -0.15) is 0 Å². The van der Waals surface area contributed by atoms with E-state index in [1.807, 2.05) is 0 Å². The van der Waals surface area contributed by atoms with Gasteiger partial charge in [-0.05, 0) is 30.0 Å². The van der Waals surface area contributed by atoms with Crippen LogP contribution in [0.2, 0.25) is 0 Å². The molecule has 0 heterocycles. The molecule has 0 aromatic heterocycles. The van der Waals surface area contributed by atoms with Crippen molar-refractivity contribution in [2.45, 2.75) is 26.3 Å². The van der Waals surface area contributed by atoms with Gasteiger partial charge in [-0.25, -0.2) is 4.39 Å². The highest BCUT2D eigenvalue weighted by Crippen LogP contribution is 2.07. The lowest BCUT2D eigenvalue weighted by atomic mass is 10.0. The van der Waals surface area contributed by atoms with E-state index < -0.39 is 5.97 Å². The monoisotopic (exact) mass is 252 g/mol. The Kier molecular flexibility index (Phi) is 5.30. The van der Waals surface area contributed by atoms with Gasteiger partial charge in [0.2, 0.25) is 5.91 Å². The first-order valence-electron chi connectivity index (χ1n) is 5.68. The number of nitrogens with one attached hydrogen (secondary N) is 1. The third kappa shape index (κ3) is 5.43. The Hall–Kier alpha value is -1.91. The van der Waals surface area contributed by atoms with E-state index in [0.29, 0.717) is 6.54 Å². The molecule has 0 unspecified atom stereocenters. The van der Waals surface area contributed by atoms with Gasteiger partial charge in [-0.3, -0.25) is 4.79 Å². The minimum absolute atomic E-state index is 0.134. The van der Waals surface area contributed by atoms with Gasteiger partial charge in [0, 0.05) is 18.9 Å². The standard InChI is InChI=1S/C13H16FNO3/c1-9(7-13(17)18)6-12(16)15-8-10-2-4-11(14)5-3-10/h2-5,9H,6-8H2,1H3,(H,15,16)(H,17,18)/p-1/t9-/m0/s1. The molecule has 4 nitrogen and oxygen atoms in total. The number of amides is 1. The minimum atomic E-state index is -1.16. The maximum Gasteiger partial charge on any atom is 0.220 e. The van der Waals surface area contributed by atoms with Gasteiger partial charge in [-0.15, -0.1) is 0 Å². The predicted molar refractivity (Wildman–Crippen MR) is 61.7 cm³/mol. The van der Waals surface area contributed by atoms with Crippen molar-refractivity contribution in [3.05, 3.63) is 35.6 Å². The Labute approximate surface area is 105 Å². The Morgan fingerprint density at radius 2 is 1.89 bits per heavy atom. The first kappa shape index (κ1) is 14.2. The van der Waals surface area contributed by atoms with E-state index in [-0.39, 0.29) is 30.5 Å². The van der Waals surface area contributed by atoms with Crippen LogP contribution in [0, 0.1) is 11.7 Å². The lowest BCUT2D eigenvalue weighted by Crippen LogP contribution is -2.28. The van der Waals surface area contributed by atoms with Crippen molar-refractivity contribution in [3.8, 4) is 0 Å². The molecule has 5 heteroatoms. The van der Waals surface area contributed by atoms with Crippen molar-refractivity contribution in [1.29, 1.82) is 0 Å². The highest BCUT2D eigenvalue weighted by atomic mass is 19.1. The molecule has 1 aromatic rings. The molecule has 0 bridgehead atoms. The Morgan fingerprint density at radius 3 is 2.44 bits per heavy atom. The Bertz CT molecular complexity index is 417. The molecule has 1 N–H and O–H groups in total. The van der Waals surface area contributed by atoms with Gasteiger partial charge in [0.25, 0.3) is 0 Å². The number of aliphatic carboxylic acids is 1. The van der Waals surface area contributed by atoms with Crippen molar-refractivity contribution >= 4 is 11.9 Å². The van der Waals surface area contributed by atoms with E-state index in [0.717, 1.165) is 5.56 Å². The number of hydrogen-bond acceptors (Lipinski definition) is 3. The maximum absolute atomic E-state index is 12.6. The van der Waals surface area contributed by atoms with Crippen molar-refractivity contribution < 1.29 is 19.1 Å². The van der Waals surface area contributed by atoms with E-state index in [2.05, 4.69) is 5.32 Å². The van der Waals surface area contributed by atoms with Gasteiger partial charge in [-0.1, -0.05) is 19.1 Å². The van der Waals surface area contributed by atoms with Gasteiger partial charge < -0.3 is 15.2 Å². The van der Waals surface area contributed by atoms with Gasteiger partial charge >= 0.3 is 0 Å². The van der Waals surface area contributed by atoms with Crippen molar-refractivity contribution in [2.75, 3.05) is 0 Å². The number of carboxylic acids is 1. The number of rotatable bonds is 6. The van der Waals surface area contributed by atoms with Gasteiger partial charge in [0.05, 0.1) is 0 Å². The Morgan fingerprint density at radius 1 is 1.28 bits per heavy atom. The summed E-state index contributed by atoms with van der Waals surface area (Å²) in [6.07, 6.45) is -0.000850. The van der Waals surface area contributed by atoms with E-state index in [1.165, 1.54) is 12.1 Å². The number of carbonyl (C=O) groups excluding carboxylic acids is 2. The molecule has 0 fully saturated rings. The van der Waals surface area contributed by atoms with Crippen LogP contribution in [-0.4, -0.2) is 11.9 Å². The van der Waals surface area contributed by atoms with E-state index in [1.54, 1.807) is 19.1 Å². The summed E-state index contributed by atoms with van der Waals surface area (Å²) >= 11 is 0. The molecule has 18 heavy (non-hydrogen) atoms. The number of benzene rings is 1. The fourth-order valence-corrected chi connectivity index (χ4v) is 1.55. The zero-order valence-electron chi connectivity index (χ0n) is 10.1. The fraction of sp³-hybridized carbons (Fsp3) is 0.385. The van der Waals surface area contributed by atoms with Crippen LogP contribution in [0.1, 0.15) is 25.3 Å². The maximum atomic E-state index is 12.6. The largest absolute Gasteiger partial charge is 0.550 e. The molecule has 0 aliphatic carbocycles. The quantitative estimate of drug-likeness (QED) is 0.806. The predicted octanol–water partition coefficient (Wildman–Crippen LogP) is 0.608. The third-order valence-electron chi connectivity index (χ3n) is 2.45. The van der Waals surface area contributed by atoms with E-state index in [9.17, 15) is 19.1 Å². The molecule has 0 radical (unpaired) electrons. The second-order valence-electron chi connectivity index (χ2n) is 4.29. The zero-order chi connectivity index (χ0) is 13.5. The van der Waals surface area contributed by atoms with Crippen LogP contribution in [0.3, 0.4) is 0 Å². The van der Waals surface area contributed by atoms with Crippen molar-refractivity contribution in [3.63, 3.8) is 0 Å². The molecule has 98 valence electrons. The minimum Gasteiger partial charge on any atom is -0.550 e. The smallest absolute Gasteiger partial charge is 0.220 e. The van der Waals surface area contributed by atoms with Gasteiger partial charge in [0.1, 0.15) is 5.82 Å². The van der Waals surface area contributed by atoms with Crippen molar-refractivity contribution in [1.82, 2.24) is 5.32 Å². The van der Waals surface area contributed by atoms with Crippen LogP contribution in [0.25, 0.3) is 0 Å². The summed E-state index contributed by atoms with van der Waals surface area (Å²) in [5, 5.41) is 13.0. The average Bonchev–Trinajstić information content (AvgIpc) is 2.27. The van der Waals surface area contributed by atoms with Crippen molar-refractivity contribution in [2.24, 2.45) is 5.92 Å².